The highest BCUT2D eigenvalue weighted by molar-refractivity contribution is 6.07. The number of benzene rings is 2. The lowest BCUT2D eigenvalue weighted by atomic mass is 10.1. The van der Waals surface area contributed by atoms with Crippen LogP contribution < -0.4 is 14.4 Å². The molecule has 1 aromatic heterocycles. The van der Waals surface area contributed by atoms with Crippen LogP contribution in [0, 0.1) is 5.41 Å². The lowest BCUT2D eigenvalue weighted by Gasteiger charge is -2.25. The van der Waals surface area contributed by atoms with E-state index in [-0.39, 0.29) is 6.61 Å². The van der Waals surface area contributed by atoms with Crippen molar-refractivity contribution in [3.05, 3.63) is 54.4 Å². The first-order valence-electron chi connectivity index (χ1n) is 10.6. The monoisotopic (exact) mass is 436 g/mol. The van der Waals surface area contributed by atoms with E-state index in [0.29, 0.717) is 34.8 Å². The van der Waals surface area contributed by atoms with E-state index >= 15 is 0 Å². The second-order valence-corrected chi connectivity index (χ2v) is 6.97. The van der Waals surface area contributed by atoms with Crippen molar-refractivity contribution in [3.63, 3.8) is 0 Å². The fraction of sp³-hybridized carbons (Fsp3) is 0.320. The van der Waals surface area contributed by atoms with E-state index in [1.54, 1.807) is 26.5 Å². The molecule has 0 spiro atoms. The van der Waals surface area contributed by atoms with Gasteiger partial charge in [-0.15, -0.1) is 0 Å². The lowest BCUT2D eigenvalue weighted by Crippen LogP contribution is -2.21. The Hall–Kier alpha value is -3.45. The van der Waals surface area contributed by atoms with Crippen molar-refractivity contribution >= 4 is 34.2 Å². The summed E-state index contributed by atoms with van der Waals surface area (Å²) in [6.07, 6.45) is 6.01. The molecule has 7 heteroatoms. The molecule has 1 heterocycles. The molecular formula is C25H32N4O3. The van der Waals surface area contributed by atoms with E-state index < -0.39 is 0 Å². The van der Waals surface area contributed by atoms with E-state index in [1.165, 1.54) is 12.6 Å². The normalized spacial score (nSPS) is 10.9. The average molecular weight is 437 g/mol. The Bertz CT molecular complexity index is 1040. The van der Waals surface area contributed by atoms with Crippen LogP contribution in [0.4, 0.5) is 11.4 Å². The van der Waals surface area contributed by atoms with Crippen molar-refractivity contribution in [2.45, 2.75) is 27.2 Å². The lowest BCUT2D eigenvalue weighted by molar-refractivity contribution is 0.305. The van der Waals surface area contributed by atoms with Gasteiger partial charge in [0, 0.05) is 47.9 Å². The maximum absolute atomic E-state index is 9.64. The Morgan fingerprint density at radius 3 is 2.22 bits per heavy atom. The second-order valence-electron chi connectivity index (χ2n) is 6.97. The molecular weight excluding hydrogens is 404 g/mol. The molecule has 0 radical (unpaired) electrons. The highest BCUT2D eigenvalue weighted by atomic mass is 16.5. The molecule has 3 aromatic rings. The molecule has 0 unspecified atom stereocenters. The highest BCUT2D eigenvalue weighted by Crippen LogP contribution is 2.33. The highest BCUT2D eigenvalue weighted by Gasteiger charge is 2.14. The zero-order valence-corrected chi connectivity index (χ0v) is 19.4. The Morgan fingerprint density at radius 1 is 1.03 bits per heavy atom. The first-order valence-corrected chi connectivity index (χ1v) is 10.6. The van der Waals surface area contributed by atoms with Crippen molar-refractivity contribution in [2.75, 3.05) is 32.3 Å². The Kier molecular flexibility index (Phi) is 9.63. The van der Waals surface area contributed by atoms with Gasteiger partial charge in [0.1, 0.15) is 11.5 Å². The molecule has 0 aliphatic heterocycles. The van der Waals surface area contributed by atoms with Crippen molar-refractivity contribution < 1.29 is 14.6 Å². The predicted octanol–water partition coefficient (Wildman–Crippen LogP) is 5.25. The molecule has 0 saturated heterocycles. The summed E-state index contributed by atoms with van der Waals surface area (Å²) in [5.74, 6) is 1.32. The molecule has 0 bridgehead atoms. The molecule has 170 valence electrons. The zero-order chi connectivity index (χ0) is 23.5. The average Bonchev–Trinajstić information content (AvgIpc) is 2.83. The maximum atomic E-state index is 9.64. The summed E-state index contributed by atoms with van der Waals surface area (Å²) in [5.41, 5.74) is 4.49. The molecule has 32 heavy (non-hydrogen) atoms. The topological polar surface area (TPSA) is 91.6 Å². The third-order valence-corrected chi connectivity index (χ3v) is 4.57. The van der Waals surface area contributed by atoms with Gasteiger partial charge in [-0.25, -0.2) is 4.98 Å². The van der Waals surface area contributed by atoms with Crippen LogP contribution in [0.25, 0.3) is 16.6 Å². The second kappa shape index (κ2) is 12.4. The number of anilines is 2. The van der Waals surface area contributed by atoms with E-state index in [4.69, 9.17) is 14.9 Å². The molecule has 7 nitrogen and oxygen atoms in total. The van der Waals surface area contributed by atoms with Gasteiger partial charge in [0.2, 0.25) is 0 Å². The number of nitrogens with zero attached hydrogens (tertiary/aromatic N) is 3. The fourth-order valence-electron chi connectivity index (χ4n) is 3.07. The van der Waals surface area contributed by atoms with Crippen molar-refractivity contribution in [1.82, 2.24) is 9.97 Å². The Labute approximate surface area is 189 Å². The standard InChI is InChI=1S/C22H24N4O3.C3H8/c1-4-15(13-23)22-14-24-20-6-5-16(11-21(20)25-22)26(7-8-27)17-9-18(28-2)12-19(10-17)29-3;1-3-2/h4-6,9-14,23,27H,7-8H2,1-3H3;3H2,1-2H3/b15-4+,23-13?;. The van der Waals surface area contributed by atoms with Gasteiger partial charge in [0.15, 0.2) is 0 Å². The van der Waals surface area contributed by atoms with Crippen LogP contribution in [-0.2, 0) is 0 Å². The van der Waals surface area contributed by atoms with Crippen LogP contribution in [0.2, 0.25) is 0 Å². The SMILES string of the molecule is C/C=C(\C=N)c1cnc2ccc(N(CCO)c3cc(OC)cc(OC)c3)cc2n1.CCC. The van der Waals surface area contributed by atoms with Gasteiger partial charge in [-0.1, -0.05) is 26.3 Å². The van der Waals surface area contributed by atoms with Gasteiger partial charge in [-0.2, -0.15) is 0 Å². The number of aliphatic hydroxyl groups excluding tert-OH is 1. The van der Waals surface area contributed by atoms with Gasteiger partial charge in [-0.3, -0.25) is 4.98 Å². The Balaban J connectivity index is 0.00000114. The van der Waals surface area contributed by atoms with Crippen LogP contribution in [0.15, 0.2) is 48.7 Å². The van der Waals surface area contributed by atoms with Crippen LogP contribution in [0.1, 0.15) is 32.9 Å². The van der Waals surface area contributed by atoms with Crippen LogP contribution in [-0.4, -0.2) is 48.7 Å². The molecule has 2 aromatic carbocycles. The molecule has 0 atom stereocenters. The number of methoxy groups -OCH3 is 2. The number of ether oxygens (including phenoxy) is 2. The largest absolute Gasteiger partial charge is 0.497 e. The van der Waals surface area contributed by atoms with Crippen molar-refractivity contribution in [3.8, 4) is 11.5 Å². The molecule has 0 saturated carbocycles. The fourth-order valence-corrected chi connectivity index (χ4v) is 3.07. The third-order valence-electron chi connectivity index (χ3n) is 4.57. The van der Waals surface area contributed by atoms with E-state index in [2.05, 4.69) is 23.8 Å². The summed E-state index contributed by atoms with van der Waals surface area (Å²) in [5, 5.41) is 17.2. The molecule has 0 aliphatic carbocycles. The van der Waals surface area contributed by atoms with Gasteiger partial charge >= 0.3 is 0 Å². The minimum Gasteiger partial charge on any atom is -0.497 e. The number of hydrogen-bond donors (Lipinski definition) is 2. The van der Waals surface area contributed by atoms with Gasteiger partial charge < -0.3 is 24.9 Å². The van der Waals surface area contributed by atoms with Crippen LogP contribution in [0.3, 0.4) is 0 Å². The number of aromatic nitrogens is 2. The quantitative estimate of drug-likeness (QED) is 0.469. The van der Waals surface area contributed by atoms with Crippen molar-refractivity contribution in [1.29, 1.82) is 5.41 Å². The number of fused-ring (bicyclic) bond motifs is 1. The van der Waals surface area contributed by atoms with E-state index in [9.17, 15) is 5.11 Å². The minimum atomic E-state index is -0.0280. The molecule has 2 N–H and O–H groups in total. The number of hydrogen-bond acceptors (Lipinski definition) is 7. The number of aliphatic hydroxyl groups is 1. The summed E-state index contributed by atoms with van der Waals surface area (Å²) in [6.45, 7) is 6.47. The summed E-state index contributed by atoms with van der Waals surface area (Å²) in [7, 11) is 3.20. The van der Waals surface area contributed by atoms with E-state index in [1.807, 2.05) is 48.2 Å². The van der Waals surface area contributed by atoms with Crippen LogP contribution >= 0.6 is 0 Å². The minimum absolute atomic E-state index is 0.0280. The summed E-state index contributed by atoms with van der Waals surface area (Å²) in [4.78, 5) is 11.1. The summed E-state index contributed by atoms with van der Waals surface area (Å²) in [6, 6.07) is 11.3. The molecule has 0 aliphatic rings. The summed E-state index contributed by atoms with van der Waals surface area (Å²) >= 11 is 0. The first-order chi connectivity index (χ1) is 15.5. The predicted molar refractivity (Wildman–Crippen MR) is 132 cm³/mol. The molecule has 3 rings (SSSR count). The summed E-state index contributed by atoms with van der Waals surface area (Å²) < 4.78 is 10.8. The Morgan fingerprint density at radius 2 is 1.69 bits per heavy atom. The smallest absolute Gasteiger partial charge is 0.124 e. The maximum Gasteiger partial charge on any atom is 0.124 e. The van der Waals surface area contributed by atoms with E-state index in [0.717, 1.165) is 16.9 Å². The number of rotatable bonds is 8. The molecule has 0 amide bonds. The van der Waals surface area contributed by atoms with Crippen molar-refractivity contribution in [2.24, 2.45) is 0 Å². The number of nitrogens with one attached hydrogen (secondary N) is 1. The molecule has 0 fully saturated rings. The van der Waals surface area contributed by atoms with Gasteiger partial charge in [0.05, 0.1) is 43.8 Å². The third kappa shape index (κ3) is 6.04. The zero-order valence-electron chi connectivity index (χ0n) is 19.4. The van der Waals surface area contributed by atoms with Gasteiger partial charge in [0.25, 0.3) is 0 Å². The first kappa shape index (κ1) is 24.8. The number of allylic oxidation sites excluding steroid dienone is 2. The van der Waals surface area contributed by atoms with Crippen LogP contribution in [0.5, 0.6) is 11.5 Å². The van der Waals surface area contributed by atoms with Gasteiger partial charge in [-0.05, 0) is 25.1 Å².